The molecule has 0 aromatic heterocycles. The van der Waals surface area contributed by atoms with Crippen LogP contribution in [0, 0.1) is 18.3 Å². The average molecular weight is 537 g/mol. The minimum atomic E-state index is 0.599. The molecule has 3 nitrogen and oxygen atoms in total. The number of benzene rings is 2. The van der Waals surface area contributed by atoms with Gasteiger partial charge in [0.15, 0.2) is 0 Å². The van der Waals surface area contributed by atoms with Gasteiger partial charge >= 0.3 is 0 Å². The number of nitrogens with one attached hydrogen (secondary N) is 2. The molecule has 0 saturated heterocycles. The monoisotopic (exact) mass is 536 g/mol. The topological polar surface area (TPSA) is 41.1 Å². The first-order valence-corrected chi connectivity index (χ1v) is 14.9. The molecule has 220 valence electrons. The Morgan fingerprint density at radius 2 is 1.49 bits per heavy atom. The zero-order valence-corrected chi connectivity index (χ0v) is 26.8. The molecule has 0 heterocycles. The molecule has 0 fully saturated rings. The van der Waals surface area contributed by atoms with Crippen LogP contribution < -0.4 is 10.6 Å². The minimum Gasteiger partial charge on any atom is -0.388 e. The normalized spacial score (nSPS) is 9.05. The van der Waals surface area contributed by atoms with Crippen LogP contribution in [0.1, 0.15) is 97.3 Å². The molecular weight excluding hydrogens is 476 g/mol. The summed E-state index contributed by atoms with van der Waals surface area (Å²) < 4.78 is 0. The van der Waals surface area contributed by atoms with Crippen molar-refractivity contribution in [2.24, 2.45) is 5.92 Å². The molecule has 0 radical (unpaired) electrons. The summed E-state index contributed by atoms with van der Waals surface area (Å²) in [6.45, 7) is 19.2. The summed E-state index contributed by atoms with van der Waals surface area (Å²) in [5, 5.41) is 6.38. The zero-order chi connectivity index (χ0) is 30.3. The Balaban J connectivity index is -0.000000458. The second-order valence-corrected chi connectivity index (χ2v) is 9.07. The molecule has 0 aliphatic carbocycles. The summed E-state index contributed by atoms with van der Waals surface area (Å²) in [7, 11) is 3.95. The van der Waals surface area contributed by atoms with E-state index in [1.54, 1.807) is 6.92 Å². The third-order valence-electron chi connectivity index (χ3n) is 5.76. The van der Waals surface area contributed by atoms with Gasteiger partial charge in [-0.2, -0.15) is 0 Å². The fraction of sp³-hybridized carbons (Fsp3) is 0.528. The summed E-state index contributed by atoms with van der Waals surface area (Å²) in [5.74, 6) is 3.25. The van der Waals surface area contributed by atoms with Crippen molar-refractivity contribution in [2.45, 2.75) is 99.8 Å². The van der Waals surface area contributed by atoms with Crippen LogP contribution in [0.15, 0.2) is 60.7 Å². The van der Waals surface area contributed by atoms with Crippen molar-refractivity contribution in [3.8, 4) is 12.3 Å². The van der Waals surface area contributed by atoms with Crippen LogP contribution in [0.4, 0.5) is 5.69 Å². The summed E-state index contributed by atoms with van der Waals surface area (Å²) in [4.78, 5) is 10.3. The predicted molar refractivity (Wildman–Crippen MR) is 178 cm³/mol. The van der Waals surface area contributed by atoms with Crippen LogP contribution in [-0.2, 0) is 24.1 Å². The number of rotatable bonds is 12. The van der Waals surface area contributed by atoms with Crippen LogP contribution >= 0.6 is 0 Å². The molecule has 0 amide bonds. The van der Waals surface area contributed by atoms with Crippen molar-refractivity contribution >= 4 is 12.0 Å². The van der Waals surface area contributed by atoms with Crippen molar-refractivity contribution in [2.75, 3.05) is 26.0 Å². The Kier molecular flexibility index (Phi) is 32.7. The van der Waals surface area contributed by atoms with E-state index in [0.29, 0.717) is 6.42 Å². The lowest BCUT2D eigenvalue weighted by molar-refractivity contribution is -0.107. The maximum absolute atomic E-state index is 10.3. The van der Waals surface area contributed by atoms with Gasteiger partial charge in [0.25, 0.3) is 0 Å². The molecule has 2 N–H and O–H groups in total. The first-order chi connectivity index (χ1) is 18.9. The van der Waals surface area contributed by atoms with Crippen LogP contribution in [0.5, 0.6) is 0 Å². The van der Waals surface area contributed by atoms with Gasteiger partial charge in [0, 0.05) is 19.2 Å². The number of aryl methyl sites for hydroxylation is 3. The Bertz CT molecular complexity index is 838. The van der Waals surface area contributed by atoms with E-state index < -0.39 is 0 Å². The number of carbonyl (C=O) groups excluding carboxylic acids is 1. The maximum Gasteiger partial charge on any atom is 0.120 e. The highest BCUT2D eigenvalue weighted by Crippen LogP contribution is 2.18. The lowest BCUT2D eigenvalue weighted by Crippen LogP contribution is -2.18. The van der Waals surface area contributed by atoms with Gasteiger partial charge in [0.1, 0.15) is 6.29 Å². The molecular formula is C36H60N2O. The predicted octanol–water partition coefficient (Wildman–Crippen LogP) is 9.32. The van der Waals surface area contributed by atoms with Gasteiger partial charge in [0.05, 0.1) is 0 Å². The molecule has 2 rings (SSSR count). The van der Waals surface area contributed by atoms with E-state index in [-0.39, 0.29) is 0 Å². The summed E-state index contributed by atoms with van der Waals surface area (Å²) in [5.41, 5.74) is 5.88. The number of anilines is 1. The Morgan fingerprint density at radius 1 is 0.949 bits per heavy atom. The summed E-state index contributed by atoms with van der Waals surface area (Å²) in [6, 6.07) is 16.8. The SMILES string of the molecule is C#CC(=C)C.CC.CCCC(CCC)CNC.CCc1ccc(NC)c(CCC=O)c1.CCc1ccccc1. The molecule has 2 aromatic rings. The van der Waals surface area contributed by atoms with Gasteiger partial charge in [-0.3, -0.25) is 0 Å². The molecule has 0 saturated carbocycles. The van der Waals surface area contributed by atoms with E-state index in [0.717, 1.165) is 42.7 Å². The fourth-order valence-electron chi connectivity index (χ4n) is 3.70. The average Bonchev–Trinajstić information content (AvgIpc) is 2.98. The highest BCUT2D eigenvalue weighted by atomic mass is 16.1. The van der Waals surface area contributed by atoms with E-state index in [2.05, 4.69) is 93.3 Å². The van der Waals surface area contributed by atoms with Gasteiger partial charge in [-0.25, -0.2) is 0 Å². The number of hydrogen-bond acceptors (Lipinski definition) is 3. The van der Waals surface area contributed by atoms with Crippen LogP contribution in [0.25, 0.3) is 0 Å². The second-order valence-electron chi connectivity index (χ2n) is 9.07. The molecule has 3 heteroatoms. The highest BCUT2D eigenvalue weighted by molar-refractivity contribution is 5.56. The summed E-state index contributed by atoms with van der Waals surface area (Å²) in [6.07, 6.45) is 14.8. The van der Waals surface area contributed by atoms with Crippen molar-refractivity contribution in [1.82, 2.24) is 5.32 Å². The number of hydrogen-bond donors (Lipinski definition) is 2. The Morgan fingerprint density at radius 3 is 1.85 bits per heavy atom. The molecule has 2 aromatic carbocycles. The smallest absolute Gasteiger partial charge is 0.120 e. The van der Waals surface area contributed by atoms with Gasteiger partial charge in [-0.05, 0) is 86.9 Å². The molecule has 0 aliphatic heterocycles. The minimum absolute atomic E-state index is 0.599. The quantitative estimate of drug-likeness (QED) is 0.210. The molecule has 0 spiro atoms. The fourth-order valence-corrected chi connectivity index (χ4v) is 3.70. The third-order valence-corrected chi connectivity index (χ3v) is 5.76. The lowest BCUT2D eigenvalue weighted by atomic mass is 9.98. The van der Waals surface area contributed by atoms with E-state index in [9.17, 15) is 4.79 Å². The first kappa shape index (κ1) is 40.7. The van der Waals surface area contributed by atoms with E-state index >= 15 is 0 Å². The van der Waals surface area contributed by atoms with Gasteiger partial charge < -0.3 is 15.4 Å². The number of aldehydes is 1. The van der Waals surface area contributed by atoms with Crippen molar-refractivity contribution in [1.29, 1.82) is 0 Å². The third kappa shape index (κ3) is 25.2. The van der Waals surface area contributed by atoms with Crippen LogP contribution in [0.2, 0.25) is 0 Å². The van der Waals surface area contributed by atoms with E-state index in [1.807, 2.05) is 34.0 Å². The maximum atomic E-state index is 10.3. The van der Waals surface area contributed by atoms with Crippen molar-refractivity contribution in [3.05, 3.63) is 77.4 Å². The Labute approximate surface area is 243 Å². The second kappa shape index (κ2) is 31.4. The Hall–Kier alpha value is -2.83. The van der Waals surface area contributed by atoms with Gasteiger partial charge in [-0.1, -0.05) is 109 Å². The zero-order valence-electron chi connectivity index (χ0n) is 26.8. The highest BCUT2D eigenvalue weighted by Gasteiger charge is 2.03. The van der Waals surface area contributed by atoms with Crippen molar-refractivity contribution < 1.29 is 4.79 Å². The molecule has 0 atom stereocenters. The molecule has 39 heavy (non-hydrogen) atoms. The first-order valence-electron chi connectivity index (χ1n) is 14.9. The van der Waals surface area contributed by atoms with E-state index in [1.165, 1.54) is 48.9 Å². The standard InChI is InChI=1S/C12H17NO.C9H21N.C8H10.C5H6.C2H6/c1-3-10-6-7-12(13-2)11(9-10)5-4-8-14;1-4-6-9(7-5-2)8-10-3;1-2-8-6-4-3-5-7-8;1-4-5(2)3;1-2/h6-9,13H,3-5H2,1-2H3;9-10H,4-8H2,1-3H3;3-7H,2H2,1H3;1H,2H2,3H3;1-2H3. The largest absolute Gasteiger partial charge is 0.388 e. The van der Waals surface area contributed by atoms with Crippen LogP contribution in [-0.4, -0.2) is 26.9 Å². The number of terminal acetylenes is 1. The van der Waals surface area contributed by atoms with Gasteiger partial charge in [-0.15, -0.1) is 6.42 Å². The van der Waals surface area contributed by atoms with E-state index in [4.69, 9.17) is 6.42 Å². The number of allylic oxidation sites excluding steroid dienone is 1. The van der Waals surface area contributed by atoms with Crippen LogP contribution in [0.3, 0.4) is 0 Å². The molecule has 0 unspecified atom stereocenters. The number of carbonyl (C=O) groups is 1. The molecule has 0 bridgehead atoms. The lowest BCUT2D eigenvalue weighted by Gasteiger charge is -2.13. The van der Waals surface area contributed by atoms with Gasteiger partial charge in [0.2, 0.25) is 0 Å². The summed E-state index contributed by atoms with van der Waals surface area (Å²) >= 11 is 0. The van der Waals surface area contributed by atoms with Crippen molar-refractivity contribution in [3.63, 3.8) is 0 Å². The molecule has 0 aliphatic rings.